The highest BCUT2D eigenvalue weighted by molar-refractivity contribution is 5.67. The lowest BCUT2D eigenvalue weighted by atomic mass is 9.92. The molecular formula is C19H28O2. The second kappa shape index (κ2) is 6.55. The maximum absolute atomic E-state index is 6.37. The summed E-state index contributed by atoms with van der Waals surface area (Å²) >= 11 is 0. The van der Waals surface area contributed by atoms with Gasteiger partial charge >= 0.3 is 0 Å². The summed E-state index contributed by atoms with van der Waals surface area (Å²) in [4.78, 5) is 0. The first kappa shape index (κ1) is 15.9. The van der Waals surface area contributed by atoms with Gasteiger partial charge in [-0.25, -0.2) is 0 Å². The average Bonchev–Trinajstić information content (AvgIpc) is 2.48. The summed E-state index contributed by atoms with van der Waals surface area (Å²) in [5.74, 6) is 1.96. The fourth-order valence-corrected chi connectivity index (χ4v) is 2.93. The first-order valence-electron chi connectivity index (χ1n) is 8.07. The minimum Gasteiger partial charge on any atom is -0.496 e. The minimum absolute atomic E-state index is 0.174. The van der Waals surface area contributed by atoms with Crippen LogP contribution >= 0.6 is 0 Å². The van der Waals surface area contributed by atoms with Crippen molar-refractivity contribution in [1.82, 2.24) is 0 Å². The van der Waals surface area contributed by atoms with Crippen molar-refractivity contribution in [2.45, 2.75) is 65.4 Å². The van der Waals surface area contributed by atoms with Crippen LogP contribution in [0.1, 0.15) is 62.6 Å². The minimum atomic E-state index is -0.174. The topological polar surface area (TPSA) is 18.5 Å². The standard InChI is InChI=1S/C19H28O2/c1-6-7-8-9-11-19(4)12-10-16-13-17(20-5)14(2)15(3)18(16)21-19/h10,12-13H,6-9,11H2,1-5H3. The number of hydrogen-bond donors (Lipinski definition) is 0. The normalized spacial score (nSPS) is 20.0. The highest BCUT2D eigenvalue weighted by Crippen LogP contribution is 2.40. The molecule has 1 aromatic rings. The highest BCUT2D eigenvalue weighted by atomic mass is 16.5. The molecule has 2 heteroatoms. The zero-order valence-electron chi connectivity index (χ0n) is 14.1. The molecule has 1 aromatic carbocycles. The molecule has 0 fully saturated rings. The van der Waals surface area contributed by atoms with Crippen molar-refractivity contribution in [1.29, 1.82) is 0 Å². The van der Waals surface area contributed by atoms with E-state index in [-0.39, 0.29) is 5.60 Å². The molecule has 0 saturated heterocycles. The van der Waals surface area contributed by atoms with Gasteiger partial charge < -0.3 is 9.47 Å². The van der Waals surface area contributed by atoms with E-state index in [4.69, 9.17) is 9.47 Å². The number of unbranched alkanes of at least 4 members (excludes halogenated alkanes) is 3. The number of hydrogen-bond acceptors (Lipinski definition) is 2. The van der Waals surface area contributed by atoms with Crippen molar-refractivity contribution >= 4 is 6.08 Å². The lowest BCUT2D eigenvalue weighted by Crippen LogP contribution is -2.32. The average molecular weight is 288 g/mol. The number of ether oxygens (including phenoxy) is 2. The summed E-state index contributed by atoms with van der Waals surface area (Å²) in [5.41, 5.74) is 3.31. The van der Waals surface area contributed by atoms with Gasteiger partial charge in [0, 0.05) is 5.56 Å². The van der Waals surface area contributed by atoms with Crippen LogP contribution in [0.4, 0.5) is 0 Å². The lowest BCUT2D eigenvalue weighted by molar-refractivity contribution is 0.122. The molecule has 2 rings (SSSR count). The zero-order chi connectivity index (χ0) is 15.5. The summed E-state index contributed by atoms with van der Waals surface area (Å²) in [6, 6.07) is 2.07. The first-order chi connectivity index (χ1) is 10.0. The van der Waals surface area contributed by atoms with Crippen molar-refractivity contribution in [3.63, 3.8) is 0 Å². The predicted molar refractivity (Wildman–Crippen MR) is 89.3 cm³/mol. The molecule has 21 heavy (non-hydrogen) atoms. The van der Waals surface area contributed by atoms with Gasteiger partial charge in [-0.15, -0.1) is 0 Å². The largest absolute Gasteiger partial charge is 0.496 e. The molecule has 0 N–H and O–H groups in total. The van der Waals surface area contributed by atoms with E-state index in [1.54, 1.807) is 7.11 Å². The molecule has 0 amide bonds. The molecule has 0 saturated carbocycles. The Hall–Kier alpha value is -1.44. The van der Waals surface area contributed by atoms with Crippen molar-refractivity contribution in [3.8, 4) is 11.5 Å². The SMILES string of the molecule is CCCCCCC1(C)C=Cc2cc(OC)c(C)c(C)c2O1. The molecule has 2 nitrogen and oxygen atoms in total. The third kappa shape index (κ3) is 3.42. The molecule has 116 valence electrons. The molecule has 0 spiro atoms. The predicted octanol–water partition coefficient (Wildman–Crippen LogP) is 5.45. The van der Waals surface area contributed by atoms with Crippen LogP contribution in [-0.2, 0) is 0 Å². The third-order valence-electron chi connectivity index (χ3n) is 4.52. The second-order valence-electron chi connectivity index (χ2n) is 6.31. The molecule has 1 heterocycles. The quantitative estimate of drug-likeness (QED) is 0.648. The summed E-state index contributed by atoms with van der Waals surface area (Å²) in [6.45, 7) is 8.65. The van der Waals surface area contributed by atoms with Crippen molar-refractivity contribution < 1.29 is 9.47 Å². The van der Waals surface area contributed by atoms with Gasteiger partial charge in [-0.05, 0) is 56.9 Å². The number of fused-ring (bicyclic) bond motifs is 1. The van der Waals surface area contributed by atoms with E-state index < -0.39 is 0 Å². The van der Waals surface area contributed by atoms with Crippen LogP contribution < -0.4 is 9.47 Å². The summed E-state index contributed by atoms with van der Waals surface area (Å²) in [6.07, 6.45) is 10.6. The van der Waals surface area contributed by atoms with Crippen LogP contribution in [0.3, 0.4) is 0 Å². The second-order valence-corrected chi connectivity index (χ2v) is 6.31. The Morgan fingerprint density at radius 1 is 1.14 bits per heavy atom. The van der Waals surface area contributed by atoms with Crippen LogP contribution in [0.5, 0.6) is 11.5 Å². The smallest absolute Gasteiger partial charge is 0.131 e. The third-order valence-corrected chi connectivity index (χ3v) is 4.52. The number of rotatable bonds is 6. The first-order valence-corrected chi connectivity index (χ1v) is 8.07. The van der Waals surface area contributed by atoms with Crippen LogP contribution in [0.25, 0.3) is 6.08 Å². The van der Waals surface area contributed by atoms with Gasteiger partial charge in [-0.1, -0.05) is 32.3 Å². The molecule has 0 radical (unpaired) electrons. The fraction of sp³-hybridized carbons (Fsp3) is 0.579. The lowest BCUT2D eigenvalue weighted by Gasteiger charge is -2.33. The maximum atomic E-state index is 6.37. The van der Waals surface area contributed by atoms with Gasteiger partial charge in [0.2, 0.25) is 0 Å². The van der Waals surface area contributed by atoms with Crippen molar-refractivity contribution in [2.24, 2.45) is 0 Å². The molecule has 1 unspecified atom stereocenters. The van der Waals surface area contributed by atoms with E-state index in [2.05, 4.69) is 45.9 Å². The van der Waals surface area contributed by atoms with Crippen LogP contribution in [-0.4, -0.2) is 12.7 Å². The van der Waals surface area contributed by atoms with E-state index in [1.165, 1.54) is 36.8 Å². The summed E-state index contributed by atoms with van der Waals surface area (Å²) in [5, 5.41) is 0. The highest BCUT2D eigenvalue weighted by Gasteiger charge is 2.28. The maximum Gasteiger partial charge on any atom is 0.131 e. The molecule has 0 bridgehead atoms. The summed E-state index contributed by atoms with van der Waals surface area (Å²) < 4.78 is 11.8. The van der Waals surface area contributed by atoms with E-state index in [9.17, 15) is 0 Å². The van der Waals surface area contributed by atoms with Gasteiger partial charge in [-0.3, -0.25) is 0 Å². The Bertz CT molecular complexity index is 531. The summed E-state index contributed by atoms with van der Waals surface area (Å²) in [7, 11) is 1.72. The Kier molecular flexibility index (Phi) is 4.97. The number of benzene rings is 1. The molecule has 0 aliphatic carbocycles. The van der Waals surface area contributed by atoms with Gasteiger partial charge in [-0.2, -0.15) is 0 Å². The van der Waals surface area contributed by atoms with Gasteiger partial charge in [0.25, 0.3) is 0 Å². The van der Waals surface area contributed by atoms with E-state index in [0.717, 1.165) is 23.5 Å². The van der Waals surface area contributed by atoms with E-state index >= 15 is 0 Å². The van der Waals surface area contributed by atoms with Crippen molar-refractivity contribution in [2.75, 3.05) is 7.11 Å². The molecule has 1 aliphatic rings. The van der Waals surface area contributed by atoms with Gasteiger partial charge in [0.05, 0.1) is 7.11 Å². The van der Waals surface area contributed by atoms with Crippen LogP contribution in [0, 0.1) is 13.8 Å². The Balaban J connectivity index is 2.19. The van der Waals surface area contributed by atoms with E-state index in [0.29, 0.717) is 0 Å². The van der Waals surface area contributed by atoms with Crippen LogP contribution in [0.15, 0.2) is 12.1 Å². The van der Waals surface area contributed by atoms with Gasteiger partial charge in [0.1, 0.15) is 17.1 Å². The number of methoxy groups -OCH3 is 1. The van der Waals surface area contributed by atoms with Crippen LogP contribution in [0.2, 0.25) is 0 Å². The molecular weight excluding hydrogens is 260 g/mol. The molecule has 0 aromatic heterocycles. The fourth-order valence-electron chi connectivity index (χ4n) is 2.93. The Labute approximate surface area is 129 Å². The molecule has 1 atom stereocenters. The van der Waals surface area contributed by atoms with E-state index in [1.807, 2.05) is 0 Å². The zero-order valence-corrected chi connectivity index (χ0v) is 14.1. The molecule has 1 aliphatic heterocycles. The Morgan fingerprint density at radius 2 is 1.90 bits per heavy atom. The Morgan fingerprint density at radius 3 is 2.57 bits per heavy atom. The van der Waals surface area contributed by atoms with Gasteiger partial charge in [0.15, 0.2) is 0 Å². The van der Waals surface area contributed by atoms with Crippen molar-refractivity contribution in [3.05, 3.63) is 28.8 Å². The monoisotopic (exact) mass is 288 g/mol.